The fraction of sp³-hybridized carbons (Fsp3) is 0.800. The van der Waals surface area contributed by atoms with Crippen LogP contribution in [0.1, 0.15) is 89.7 Å². The highest BCUT2D eigenvalue weighted by atomic mass is 16.4. The van der Waals surface area contributed by atoms with Crippen molar-refractivity contribution in [2.75, 3.05) is 0 Å². The molecule has 25 heavy (non-hydrogen) atoms. The highest BCUT2D eigenvalue weighted by Crippen LogP contribution is 2.38. The number of carbonyl (C=O) groups is 2. The highest BCUT2D eigenvalue weighted by molar-refractivity contribution is 5.78. The molecular weight excluding hydrogens is 320 g/mol. The Kier molecular flexibility index (Phi) is 5.61. The van der Waals surface area contributed by atoms with Crippen LogP contribution < -0.4 is 0 Å². The molecule has 3 N–H and O–H groups in total. The Bertz CT molecular complexity index is 736. The summed E-state index contributed by atoms with van der Waals surface area (Å²) >= 11 is 0. The van der Waals surface area contributed by atoms with Gasteiger partial charge < -0.3 is 15.3 Å². The normalized spacial score (nSPS) is 33.9. The van der Waals surface area contributed by atoms with Gasteiger partial charge in [0.05, 0.1) is 12.2 Å². The molecular formula is C20H34O5. The summed E-state index contributed by atoms with van der Waals surface area (Å²) in [4.78, 5) is 23.0. The van der Waals surface area contributed by atoms with Crippen LogP contribution >= 0.6 is 0 Å². The quantitative estimate of drug-likeness (QED) is 0.344. The predicted molar refractivity (Wildman–Crippen MR) is 97.2 cm³/mol. The Morgan fingerprint density at radius 2 is 1.88 bits per heavy atom. The summed E-state index contributed by atoms with van der Waals surface area (Å²) in [5.74, 6) is -2.48. The highest BCUT2D eigenvalue weighted by Gasteiger charge is 2.40. The fourth-order valence-electron chi connectivity index (χ4n) is 3.25. The summed E-state index contributed by atoms with van der Waals surface area (Å²) < 4.78 is 68.3. The number of ketones is 1. The van der Waals surface area contributed by atoms with Crippen molar-refractivity contribution in [3.05, 3.63) is 12.2 Å². The lowest BCUT2D eigenvalue weighted by Gasteiger charge is -2.22. The Labute approximate surface area is 163 Å². The van der Waals surface area contributed by atoms with Gasteiger partial charge in [0.25, 0.3) is 0 Å². The molecule has 0 aromatic heterocycles. The maximum Gasteiger partial charge on any atom is 0.303 e. The van der Waals surface area contributed by atoms with Gasteiger partial charge in [-0.3, -0.25) is 9.59 Å². The Hall–Kier alpha value is -1.20. The molecule has 1 rings (SSSR count). The number of carboxylic acid groups (broad SMARTS) is 1. The third-order valence-corrected chi connectivity index (χ3v) is 4.55. The second-order valence-corrected chi connectivity index (χ2v) is 6.37. The van der Waals surface area contributed by atoms with Gasteiger partial charge in [-0.1, -0.05) is 31.7 Å². The third-order valence-electron chi connectivity index (χ3n) is 4.55. The predicted octanol–water partition coefficient (Wildman–Crippen LogP) is 3.48. The van der Waals surface area contributed by atoms with Crippen LogP contribution in [-0.2, 0) is 9.59 Å². The summed E-state index contributed by atoms with van der Waals surface area (Å²) in [7, 11) is 0. The average molecular weight is 364 g/mol. The monoisotopic (exact) mass is 363 g/mol. The number of Topliss-reactive ketones (excluding diaryl/α,β-unsaturated/α-hetero) is 1. The Morgan fingerprint density at radius 1 is 1.12 bits per heavy atom. The molecule has 0 bridgehead atoms. The molecule has 0 amide bonds. The van der Waals surface area contributed by atoms with Crippen LogP contribution in [0.5, 0.6) is 0 Å². The molecule has 5 nitrogen and oxygen atoms in total. The van der Waals surface area contributed by atoms with E-state index in [0.717, 1.165) is 0 Å². The first-order chi connectivity index (χ1) is 15.3. The van der Waals surface area contributed by atoms with Gasteiger partial charge in [0.15, 0.2) is 0 Å². The smallest absolute Gasteiger partial charge is 0.303 e. The number of aliphatic hydroxyl groups is 2. The number of unbranched alkanes of at least 4 members (excludes halogenated alkanes) is 1. The molecule has 0 radical (unpaired) electrons. The number of carboxylic acids is 1. The van der Waals surface area contributed by atoms with Crippen molar-refractivity contribution in [1.29, 1.82) is 0 Å². The van der Waals surface area contributed by atoms with Crippen molar-refractivity contribution in [3.63, 3.8) is 0 Å². The molecule has 1 fully saturated rings. The molecule has 1 aliphatic carbocycles. The molecule has 0 unspecified atom stereocenters. The zero-order valence-electron chi connectivity index (χ0n) is 23.3. The lowest BCUT2D eigenvalue weighted by Crippen LogP contribution is -2.22. The van der Waals surface area contributed by atoms with Gasteiger partial charge in [-0.25, -0.2) is 0 Å². The van der Waals surface area contributed by atoms with E-state index in [9.17, 15) is 19.8 Å². The van der Waals surface area contributed by atoms with E-state index >= 15 is 0 Å². The van der Waals surface area contributed by atoms with Crippen molar-refractivity contribution in [3.8, 4) is 0 Å². The molecule has 0 spiro atoms. The minimum absolute atomic E-state index is 0.0409. The van der Waals surface area contributed by atoms with Gasteiger partial charge in [-0.15, -0.1) is 0 Å². The van der Waals surface area contributed by atoms with E-state index in [-0.39, 0.29) is 31.6 Å². The van der Waals surface area contributed by atoms with Crippen molar-refractivity contribution in [2.45, 2.75) is 89.5 Å². The molecule has 4 atom stereocenters. The van der Waals surface area contributed by atoms with Gasteiger partial charge in [0.2, 0.25) is 0 Å². The van der Waals surface area contributed by atoms with E-state index in [1.54, 1.807) is 12.2 Å². The van der Waals surface area contributed by atoms with E-state index in [1.807, 2.05) is 0 Å². The van der Waals surface area contributed by atoms with Crippen LogP contribution in [-0.4, -0.2) is 39.3 Å². The molecule has 5 heteroatoms. The minimum atomic E-state index is -3.53. The van der Waals surface area contributed by atoms with Crippen LogP contribution in [0, 0.1) is 11.8 Å². The number of allylic oxidation sites excluding steroid dienone is 2. The molecule has 1 aliphatic rings. The lowest BCUT2D eigenvalue weighted by molar-refractivity contribution is -0.137. The van der Waals surface area contributed by atoms with Crippen LogP contribution in [0.4, 0.5) is 0 Å². The number of hydrogen-bond acceptors (Lipinski definition) is 4. The maximum atomic E-state index is 12.4. The SMILES string of the molecule is [2H]C([2H])([2H])C([2H])([2H])C([2H])([2H])C([2H])([2H])CC(=O)CC[C@@H]1[C@@H](C/C=C\CCCC(=O)O)[C@@H](O)C[C@@H]1O. The van der Waals surface area contributed by atoms with Crippen LogP contribution in [0.25, 0.3) is 0 Å². The summed E-state index contributed by atoms with van der Waals surface area (Å²) in [6.45, 7) is -3.44. The van der Waals surface area contributed by atoms with Gasteiger partial charge in [0, 0.05) is 31.6 Å². The number of aliphatic carboxylic acids is 1. The zero-order chi connectivity index (χ0) is 26.5. The van der Waals surface area contributed by atoms with Crippen molar-refractivity contribution in [1.82, 2.24) is 0 Å². The molecule has 0 aromatic rings. The molecule has 0 saturated heterocycles. The fourth-order valence-corrected chi connectivity index (χ4v) is 3.25. The van der Waals surface area contributed by atoms with E-state index in [1.165, 1.54) is 0 Å². The second kappa shape index (κ2) is 12.2. The van der Waals surface area contributed by atoms with Crippen LogP contribution in [0.3, 0.4) is 0 Å². The van der Waals surface area contributed by atoms with Gasteiger partial charge in [-0.05, 0) is 50.3 Å². The first-order valence-corrected chi connectivity index (χ1v) is 8.60. The molecule has 0 aromatic carbocycles. The summed E-state index contributed by atoms with van der Waals surface area (Å²) in [5, 5.41) is 29.2. The summed E-state index contributed by atoms with van der Waals surface area (Å²) in [5.41, 5.74) is 0. The zero-order valence-corrected chi connectivity index (χ0v) is 14.3. The van der Waals surface area contributed by atoms with Gasteiger partial charge in [-0.2, -0.15) is 0 Å². The summed E-state index contributed by atoms with van der Waals surface area (Å²) in [6, 6.07) is 0. The van der Waals surface area contributed by atoms with Gasteiger partial charge in [0.1, 0.15) is 5.78 Å². The Balaban J connectivity index is 2.74. The second-order valence-electron chi connectivity index (χ2n) is 6.37. The third kappa shape index (κ3) is 8.63. The first-order valence-electron chi connectivity index (χ1n) is 13.1. The number of rotatable bonds is 13. The largest absolute Gasteiger partial charge is 0.481 e. The van der Waals surface area contributed by atoms with Crippen LogP contribution in [0.2, 0.25) is 0 Å². The Morgan fingerprint density at radius 3 is 2.60 bits per heavy atom. The van der Waals surface area contributed by atoms with E-state index in [4.69, 9.17) is 17.4 Å². The molecule has 1 saturated carbocycles. The van der Waals surface area contributed by atoms with Crippen LogP contribution in [0.15, 0.2) is 12.2 Å². The van der Waals surface area contributed by atoms with E-state index in [2.05, 4.69) is 0 Å². The number of hydrogen-bond donors (Lipinski definition) is 3. The standard InChI is InChI=1S/C20H34O5/c1-2-3-6-9-15(21)12-13-17-16(18(22)14-19(17)23)10-7-4-5-8-11-20(24)25/h4,7,16-19,22-23H,2-3,5-6,8-14H2,1H3,(H,24,25)/b7-4-/t16-,17-,18+,19+/m1/s1/i1D3,2D2,3D2,6D2. The topological polar surface area (TPSA) is 94.8 Å². The number of aliphatic hydroxyl groups excluding tert-OH is 2. The lowest BCUT2D eigenvalue weighted by atomic mass is 9.86. The van der Waals surface area contributed by atoms with Crippen molar-refractivity contribution >= 4 is 11.8 Å². The maximum absolute atomic E-state index is 12.4. The minimum Gasteiger partial charge on any atom is -0.481 e. The van der Waals surface area contributed by atoms with Crippen molar-refractivity contribution < 1.29 is 37.2 Å². The van der Waals surface area contributed by atoms with Gasteiger partial charge >= 0.3 is 5.97 Å². The summed E-state index contributed by atoms with van der Waals surface area (Å²) in [6.07, 6.45) is -7.85. The average Bonchev–Trinajstić information content (AvgIpc) is 2.93. The number of carbonyl (C=O) groups excluding carboxylic acids is 1. The van der Waals surface area contributed by atoms with E-state index < -0.39 is 62.3 Å². The van der Waals surface area contributed by atoms with E-state index in [0.29, 0.717) is 19.3 Å². The first kappa shape index (κ1) is 11.5. The van der Waals surface area contributed by atoms with Crippen molar-refractivity contribution in [2.24, 2.45) is 11.8 Å². The molecule has 144 valence electrons. The molecule has 0 heterocycles. The molecule has 0 aliphatic heterocycles.